The first-order chi connectivity index (χ1) is 16.2. The average molecular weight is 500 g/mol. The van der Waals surface area contributed by atoms with E-state index in [0.717, 1.165) is 11.0 Å². The predicted molar refractivity (Wildman–Crippen MR) is 120 cm³/mol. The number of amides is 3. The van der Waals surface area contributed by atoms with Crippen molar-refractivity contribution < 1.29 is 23.7 Å². The lowest BCUT2D eigenvalue weighted by Gasteiger charge is -2.49. The van der Waals surface area contributed by atoms with E-state index in [9.17, 15) is 28.9 Å². The molecule has 2 atom stereocenters. The molecule has 0 aromatic heterocycles. The highest BCUT2D eigenvalue weighted by atomic mass is 35.5. The van der Waals surface area contributed by atoms with Crippen LogP contribution in [-0.2, 0) is 4.79 Å². The van der Waals surface area contributed by atoms with Gasteiger partial charge in [0.1, 0.15) is 17.4 Å². The third-order valence-corrected chi connectivity index (χ3v) is 6.24. The quantitative estimate of drug-likeness (QED) is 0.222. The van der Waals surface area contributed by atoms with Crippen LogP contribution in [0, 0.1) is 15.9 Å². The summed E-state index contributed by atoms with van der Waals surface area (Å²) in [5.74, 6) is -2.90. The summed E-state index contributed by atoms with van der Waals surface area (Å²) < 4.78 is 13.6. The van der Waals surface area contributed by atoms with Crippen LogP contribution >= 0.6 is 23.2 Å². The molecule has 0 aliphatic carbocycles. The predicted octanol–water partition coefficient (Wildman–Crippen LogP) is 4.79. The van der Waals surface area contributed by atoms with Crippen LogP contribution in [-0.4, -0.2) is 33.6 Å². The smallest absolute Gasteiger partial charge is 0.282 e. The number of nitro groups is 1. The molecule has 1 fully saturated rings. The average Bonchev–Trinajstić information content (AvgIpc) is 3.03. The Morgan fingerprint density at radius 2 is 1.50 bits per heavy atom. The van der Waals surface area contributed by atoms with E-state index in [0.29, 0.717) is 11.3 Å². The SMILES string of the molecule is O=C1c2cccc([N+](=O)[O-])c2C(=O)N1[C@H]1C(=O)N(c2cc(Cl)cc(Cl)c2)[C@H]1c1ccc(F)cc1. The van der Waals surface area contributed by atoms with Crippen molar-refractivity contribution in [3.05, 3.63) is 103 Å². The van der Waals surface area contributed by atoms with Crippen LogP contribution in [0.5, 0.6) is 0 Å². The standard InChI is InChI=1S/C23H12Cl2FN3O5/c24-12-8-13(25)10-15(9-12)27-19(11-4-6-14(26)7-5-11)20(23(27)32)28-21(30)16-2-1-3-17(29(33)34)18(16)22(28)31/h1-10,19-20H/t19-,20+/m0/s1. The minimum Gasteiger partial charge on any atom is -0.300 e. The van der Waals surface area contributed by atoms with Crippen molar-refractivity contribution in [2.45, 2.75) is 12.1 Å². The summed E-state index contributed by atoms with van der Waals surface area (Å²) in [6.45, 7) is 0. The molecule has 0 unspecified atom stereocenters. The molecule has 0 bridgehead atoms. The molecule has 170 valence electrons. The molecule has 8 nitrogen and oxygen atoms in total. The molecule has 0 radical (unpaired) electrons. The Morgan fingerprint density at radius 1 is 0.853 bits per heavy atom. The second-order valence-corrected chi connectivity index (χ2v) is 8.59. The third kappa shape index (κ3) is 3.24. The molecule has 11 heteroatoms. The van der Waals surface area contributed by atoms with E-state index >= 15 is 0 Å². The second-order valence-electron chi connectivity index (χ2n) is 7.71. The van der Waals surface area contributed by atoms with Gasteiger partial charge in [0.2, 0.25) is 0 Å². The van der Waals surface area contributed by atoms with E-state index in [4.69, 9.17) is 23.2 Å². The van der Waals surface area contributed by atoms with E-state index in [-0.39, 0.29) is 21.2 Å². The van der Waals surface area contributed by atoms with Gasteiger partial charge in [-0.25, -0.2) is 4.39 Å². The topological polar surface area (TPSA) is 101 Å². The molecule has 3 aromatic rings. The van der Waals surface area contributed by atoms with Crippen molar-refractivity contribution in [3.8, 4) is 0 Å². The van der Waals surface area contributed by atoms with Crippen LogP contribution in [0.15, 0.2) is 60.7 Å². The molecule has 1 saturated heterocycles. The van der Waals surface area contributed by atoms with Crippen molar-refractivity contribution in [2.75, 3.05) is 4.90 Å². The maximum Gasteiger partial charge on any atom is 0.282 e. The first-order valence-corrected chi connectivity index (χ1v) is 10.6. The number of nitro benzene ring substituents is 1. The van der Waals surface area contributed by atoms with Crippen LogP contribution in [0.1, 0.15) is 32.3 Å². The summed E-state index contributed by atoms with van der Waals surface area (Å²) in [7, 11) is 0. The van der Waals surface area contributed by atoms with Gasteiger partial charge in [-0.15, -0.1) is 0 Å². The van der Waals surface area contributed by atoms with Crippen molar-refractivity contribution in [2.24, 2.45) is 0 Å². The number of β-lactam (4-membered cyclic amide) rings is 1. The monoisotopic (exact) mass is 499 g/mol. The highest BCUT2D eigenvalue weighted by Crippen LogP contribution is 2.46. The molecule has 0 spiro atoms. The number of carbonyl (C=O) groups is 3. The molecular formula is C23H12Cl2FN3O5. The van der Waals surface area contributed by atoms with Gasteiger partial charge in [0.05, 0.1) is 16.5 Å². The number of hydrogen-bond donors (Lipinski definition) is 0. The molecular weight excluding hydrogens is 488 g/mol. The lowest BCUT2D eigenvalue weighted by atomic mass is 9.86. The van der Waals surface area contributed by atoms with Crippen LogP contribution in [0.4, 0.5) is 15.8 Å². The summed E-state index contributed by atoms with van der Waals surface area (Å²) in [6, 6.07) is 11.2. The maximum atomic E-state index is 13.6. The minimum atomic E-state index is -1.31. The Bertz CT molecular complexity index is 1390. The Balaban J connectivity index is 1.62. The van der Waals surface area contributed by atoms with Gasteiger partial charge in [-0.1, -0.05) is 41.4 Å². The first kappa shape index (κ1) is 22.0. The Labute approximate surface area is 201 Å². The molecule has 0 saturated carbocycles. The van der Waals surface area contributed by atoms with Crippen LogP contribution < -0.4 is 4.90 Å². The van der Waals surface area contributed by atoms with Gasteiger partial charge < -0.3 is 4.90 Å². The number of benzene rings is 3. The summed E-state index contributed by atoms with van der Waals surface area (Å²) in [5, 5.41) is 12.0. The highest BCUT2D eigenvalue weighted by Gasteiger charge is 2.58. The number of imide groups is 1. The third-order valence-electron chi connectivity index (χ3n) is 5.80. The minimum absolute atomic E-state index is 0.158. The van der Waals surface area contributed by atoms with E-state index in [1.54, 1.807) is 0 Å². The fourth-order valence-corrected chi connectivity index (χ4v) is 4.89. The van der Waals surface area contributed by atoms with E-state index in [1.165, 1.54) is 59.5 Å². The lowest BCUT2D eigenvalue weighted by Crippen LogP contribution is -2.67. The Morgan fingerprint density at radius 3 is 2.12 bits per heavy atom. The zero-order valence-electron chi connectivity index (χ0n) is 16.9. The number of carbonyl (C=O) groups excluding carboxylic acids is 3. The zero-order valence-corrected chi connectivity index (χ0v) is 18.5. The molecule has 5 rings (SSSR count). The number of anilines is 1. The largest absolute Gasteiger partial charge is 0.300 e. The summed E-state index contributed by atoms with van der Waals surface area (Å²) >= 11 is 12.2. The van der Waals surface area contributed by atoms with Gasteiger partial charge in [-0.2, -0.15) is 0 Å². The fourth-order valence-electron chi connectivity index (χ4n) is 4.37. The van der Waals surface area contributed by atoms with Gasteiger partial charge in [0.25, 0.3) is 23.4 Å². The van der Waals surface area contributed by atoms with Crippen molar-refractivity contribution >= 4 is 52.3 Å². The van der Waals surface area contributed by atoms with Crippen LogP contribution in [0.25, 0.3) is 0 Å². The number of rotatable bonds is 4. The number of fused-ring (bicyclic) bond motifs is 1. The van der Waals surface area contributed by atoms with Crippen LogP contribution in [0.2, 0.25) is 10.0 Å². The van der Waals surface area contributed by atoms with Gasteiger partial charge in [0, 0.05) is 21.8 Å². The van der Waals surface area contributed by atoms with Crippen molar-refractivity contribution in [1.29, 1.82) is 0 Å². The van der Waals surface area contributed by atoms with Gasteiger partial charge in [-0.05, 0) is 42.0 Å². The highest BCUT2D eigenvalue weighted by molar-refractivity contribution is 6.35. The second kappa shape index (κ2) is 7.89. The molecule has 34 heavy (non-hydrogen) atoms. The molecule has 3 amide bonds. The number of nitrogens with zero attached hydrogens (tertiary/aromatic N) is 3. The van der Waals surface area contributed by atoms with E-state index in [1.807, 2.05) is 0 Å². The number of hydrogen-bond acceptors (Lipinski definition) is 5. The Hall–Kier alpha value is -3.82. The van der Waals surface area contributed by atoms with Crippen molar-refractivity contribution in [1.82, 2.24) is 4.90 Å². The molecule has 3 aromatic carbocycles. The summed E-state index contributed by atoms with van der Waals surface area (Å²) in [6.07, 6.45) is 0. The van der Waals surface area contributed by atoms with Gasteiger partial charge in [0.15, 0.2) is 0 Å². The summed E-state index contributed by atoms with van der Waals surface area (Å²) in [4.78, 5) is 52.5. The normalized spacial score (nSPS) is 19.3. The molecule has 2 aliphatic rings. The van der Waals surface area contributed by atoms with E-state index in [2.05, 4.69) is 0 Å². The van der Waals surface area contributed by atoms with E-state index < -0.39 is 46.2 Å². The fraction of sp³-hybridized carbons (Fsp3) is 0.0870. The lowest BCUT2D eigenvalue weighted by molar-refractivity contribution is -0.385. The zero-order chi connectivity index (χ0) is 24.3. The van der Waals surface area contributed by atoms with Crippen molar-refractivity contribution in [3.63, 3.8) is 0 Å². The Kier molecular flexibility index (Phi) is 5.11. The molecule has 0 N–H and O–H groups in total. The van der Waals surface area contributed by atoms with Gasteiger partial charge in [-0.3, -0.25) is 29.4 Å². The van der Waals surface area contributed by atoms with Crippen LogP contribution in [0.3, 0.4) is 0 Å². The molecule has 2 aliphatic heterocycles. The molecule has 2 heterocycles. The maximum absolute atomic E-state index is 13.6. The number of halogens is 3. The summed E-state index contributed by atoms with van der Waals surface area (Å²) in [5.41, 5.74) is -0.299. The van der Waals surface area contributed by atoms with Gasteiger partial charge >= 0.3 is 0 Å². The first-order valence-electron chi connectivity index (χ1n) is 9.89.